The van der Waals surface area contributed by atoms with Gasteiger partial charge in [0.15, 0.2) is 17.5 Å². The second kappa shape index (κ2) is 12.2. The van der Waals surface area contributed by atoms with Crippen molar-refractivity contribution >= 4 is 21.9 Å². The highest BCUT2D eigenvalue weighted by Gasteiger charge is 2.15. The van der Waals surface area contributed by atoms with Crippen LogP contribution in [0.3, 0.4) is 0 Å². The van der Waals surface area contributed by atoms with Crippen LogP contribution in [0.2, 0.25) is 0 Å². The van der Waals surface area contributed by atoms with Crippen molar-refractivity contribution < 1.29 is 11.3 Å². The van der Waals surface area contributed by atoms with Gasteiger partial charge in [0.25, 0.3) is 0 Å². The molecule has 9 aromatic rings. The number of aromatic nitrogens is 3. The van der Waals surface area contributed by atoms with Crippen molar-refractivity contribution in [2.45, 2.75) is 0 Å². The van der Waals surface area contributed by atoms with E-state index in [4.69, 9.17) is 26.2 Å². The van der Waals surface area contributed by atoms with E-state index in [2.05, 4.69) is 54.6 Å². The summed E-state index contributed by atoms with van der Waals surface area (Å²) in [6, 6.07) is 46.2. The Kier molecular flexibility index (Phi) is 5.87. The summed E-state index contributed by atoms with van der Waals surface area (Å²) in [7, 11) is 0. The number of hydrogen-bond donors (Lipinski definition) is 0. The third kappa shape index (κ3) is 5.56. The monoisotopic (exact) mass is 632 g/mol. The van der Waals surface area contributed by atoms with E-state index in [9.17, 15) is 0 Å². The molecule has 0 aliphatic carbocycles. The number of hydrogen-bond acceptors (Lipinski definition) is 4. The van der Waals surface area contributed by atoms with E-state index in [-0.39, 0.29) is 29.7 Å². The Hall–Kier alpha value is -6.65. The van der Waals surface area contributed by atoms with Crippen molar-refractivity contribution in [1.82, 2.24) is 15.0 Å². The van der Waals surface area contributed by atoms with E-state index < -0.39 is 6.04 Å². The van der Waals surface area contributed by atoms with Crippen LogP contribution in [0.5, 0.6) is 0 Å². The lowest BCUT2D eigenvalue weighted by atomic mass is 9.99. The van der Waals surface area contributed by atoms with Gasteiger partial charge in [0, 0.05) is 27.5 Å². The van der Waals surface area contributed by atoms with Crippen LogP contribution >= 0.6 is 0 Å². The molecule has 0 spiro atoms. The first kappa shape index (κ1) is 23.6. The normalized spacial score (nSPS) is 12.7. The zero-order chi connectivity index (χ0) is 36.9. The van der Waals surface area contributed by atoms with Crippen LogP contribution in [0.4, 0.5) is 0 Å². The molecule has 0 amide bonds. The summed E-state index contributed by atoms with van der Waals surface area (Å²) < 4.78 is 47.3. The van der Waals surface area contributed by atoms with E-state index >= 15 is 0 Å². The lowest BCUT2D eigenvalue weighted by molar-refractivity contribution is 0.669. The maximum absolute atomic E-state index is 8.41. The van der Waals surface area contributed by atoms with Gasteiger partial charge in [-0.3, -0.25) is 0 Å². The van der Waals surface area contributed by atoms with Crippen LogP contribution in [0.25, 0.3) is 89.5 Å². The number of rotatable bonds is 6. The van der Waals surface area contributed by atoms with Crippen LogP contribution in [-0.2, 0) is 0 Å². The Balaban J connectivity index is 1.12. The van der Waals surface area contributed by atoms with Crippen LogP contribution < -0.4 is 0 Å². The lowest BCUT2D eigenvalue weighted by Gasteiger charge is -2.09. The van der Waals surface area contributed by atoms with Crippen molar-refractivity contribution in [2.75, 3.05) is 0 Å². The Morgan fingerprint density at radius 3 is 1.33 bits per heavy atom. The Morgan fingerprint density at radius 2 is 0.735 bits per heavy atom. The molecule has 2 heterocycles. The van der Waals surface area contributed by atoms with Gasteiger partial charge in [0.2, 0.25) is 0 Å². The maximum atomic E-state index is 8.41. The molecule has 230 valence electrons. The largest absolute Gasteiger partial charge is 0.456 e. The molecule has 2 aromatic heterocycles. The molecule has 0 atom stereocenters. The average molecular weight is 633 g/mol. The third-order valence-electron chi connectivity index (χ3n) is 8.65. The zero-order valence-corrected chi connectivity index (χ0v) is 26.1. The first-order chi connectivity index (χ1) is 26.3. The molecule has 0 aliphatic rings. The number of nitrogens with zero attached hydrogens (tertiary/aromatic N) is 3. The maximum Gasteiger partial charge on any atom is 0.164 e. The highest BCUT2D eigenvalue weighted by Crippen LogP contribution is 2.36. The van der Waals surface area contributed by atoms with Gasteiger partial charge < -0.3 is 4.42 Å². The van der Waals surface area contributed by atoms with Gasteiger partial charge in [-0.25, -0.2) is 15.0 Å². The number of benzene rings is 7. The van der Waals surface area contributed by atoms with E-state index in [1.807, 2.05) is 66.7 Å². The second-order valence-electron chi connectivity index (χ2n) is 11.7. The van der Waals surface area contributed by atoms with Crippen molar-refractivity contribution in [3.05, 3.63) is 176 Å². The minimum absolute atomic E-state index is 0.141. The highest BCUT2D eigenvalue weighted by molar-refractivity contribution is 6.07. The van der Waals surface area contributed by atoms with Crippen molar-refractivity contribution in [2.24, 2.45) is 0 Å². The summed E-state index contributed by atoms with van der Waals surface area (Å²) in [6.07, 6.45) is 0. The minimum atomic E-state index is -0.424. The van der Waals surface area contributed by atoms with E-state index in [0.29, 0.717) is 28.6 Å². The second-order valence-corrected chi connectivity index (χ2v) is 11.7. The van der Waals surface area contributed by atoms with E-state index in [1.165, 1.54) is 5.56 Å². The van der Waals surface area contributed by atoms with E-state index in [1.54, 1.807) is 24.3 Å². The molecule has 0 unspecified atom stereocenters. The topological polar surface area (TPSA) is 51.8 Å². The molecule has 0 aliphatic heterocycles. The highest BCUT2D eigenvalue weighted by atomic mass is 16.3. The third-order valence-corrected chi connectivity index (χ3v) is 8.65. The molecule has 0 fully saturated rings. The molecule has 4 heteroatoms. The van der Waals surface area contributed by atoms with E-state index in [0.717, 1.165) is 49.8 Å². The zero-order valence-electron chi connectivity index (χ0n) is 31.1. The number of furan rings is 1. The number of fused-ring (bicyclic) bond motifs is 3. The van der Waals surface area contributed by atoms with Crippen LogP contribution in [0.1, 0.15) is 6.85 Å². The summed E-state index contributed by atoms with van der Waals surface area (Å²) >= 11 is 0. The van der Waals surface area contributed by atoms with Gasteiger partial charge >= 0.3 is 0 Å². The quantitative estimate of drug-likeness (QED) is 0.183. The Morgan fingerprint density at radius 1 is 0.347 bits per heavy atom. The first-order valence-electron chi connectivity index (χ1n) is 18.4. The van der Waals surface area contributed by atoms with Gasteiger partial charge in [-0.2, -0.15) is 0 Å². The molecular formula is C45H29N3O. The van der Waals surface area contributed by atoms with Gasteiger partial charge in [-0.15, -0.1) is 0 Å². The first-order valence-corrected chi connectivity index (χ1v) is 15.9. The fourth-order valence-electron chi connectivity index (χ4n) is 6.11. The summed E-state index contributed by atoms with van der Waals surface area (Å²) in [5.74, 6) is 1.42. The van der Waals surface area contributed by atoms with Crippen LogP contribution in [0.15, 0.2) is 180 Å². The lowest BCUT2D eigenvalue weighted by Crippen LogP contribution is -2.00. The van der Waals surface area contributed by atoms with Crippen molar-refractivity contribution in [3.63, 3.8) is 0 Å². The molecule has 4 nitrogen and oxygen atoms in total. The average Bonchev–Trinajstić information content (AvgIpc) is 3.60. The van der Waals surface area contributed by atoms with Gasteiger partial charge in [0.1, 0.15) is 11.2 Å². The molecule has 0 saturated carbocycles. The molecule has 7 aromatic carbocycles. The smallest absolute Gasteiger partial charge is 0.164 e. The fourth-order valence-corrected chi connectivity index (χ4v) is 6.11. The Bertz CT molecular complexity index is 2830. The SMILES string of the molecule is [2H]c1c([2H])c([2H])c(-c2ccc(-c3nc(-c4ccccc4)nc(-c4ccc5oc6ccc(-c7ccc(-c8ccccc8)cc7)cc6c5c4)n3)cc2)c([2H])c1[2H]. The molecule has 0 saturated heterocycles. The standard InChI is InChI=1S/C45H29N3O/c1-4-10-30(11-5-1)32-16-18-34(19-17-32)37-24-26-41-39(28-37)40-29-38(25-27-42(40)49-41)45-47-43(35-14-8-3-9-15-35)46-44(48-45)36-22-20-33(21-23-36)31-12-6-2-7-13-31/h1-29H/i2D,6D,7D,12D,13D. The summed E-state index contributed by atoms with van der Waals surface area (Å²) in [5.41, 5.74) is 9.01. The predicted molar refractivity (Wildman–Crippen MR) is 200 cm³/mol. The van der Waals surface area contributed by atoms with Gasteiger partial charge in [-0.1, -0.05) is 145 Å². The molecule has 49 heavy (non-hydrogen) atoms. The van der Waals surface area contributed by atoms with Crippen LogP contribution in [-0.4, -0.2) is 15.0 Å². The minimum Gasteiger partial charge on any atom is -0.456 e. The van der Waals surface area contributed by atoms with Crippen LogP contribution in [0, 0.1) is 0 Å². The predicted octanol–water partition coefficient (Wildman–Crippen LogP) is 11.8. The van der Waals surface area contributed by atoms with Gasteiger partial charge in [-0.05, 0) is 63.7 Å². The fraction of sp³-hybridized carbons (Fsp3) is 0. The molecule has 0 N–H and O–H groups in total. The van der Waals surface area contributed by atoms with Crippen molar-refractivity contribution in [1.29, 1.82) is 0 Å². The Labute approximate surface area is 291 Å². The molecule has 9 rings (SSSR count). The van der Waals surface area contributed by atoms with Crippen molar-refractivity contribution in [3.8, 4) is 67.5 Å². The summed E-state index contributed by atoms with van der Waals surface area (Å²) in [6.45, 7) is 0. The molecular weight excluding hydrogens is 599 g/mol. The molecule has 0 radical (unpaired) electrons. The van der Waals surface area contributed by atoms with Gasteiger partial charge in [0.05, 0.1) is 6.85 Å². The summed E-state index contributed by atoms with van der Waals surface area (Å²) in [4.78, 5) is 14.7. The summed E-state index contributed by atoms with van der Waals surface area (Å²) in [5, 5.41) is 1.92. The molecule has 0 bridgehead atoms.